The number of aliphatic hydroxyl groups excluding tert-OH is 1. The van der Waals surface area contributed by atoms with E-state index in [0.717, 1.165) is 0 Å². The highest BCUT2D eigenvalue weighted by atomic mass is 79.9. The molecule has 1 N–H and O–H groups in total. The zero-order valence-corrected chi connectivity index (χ0v) is 10.2. The van der Waals surface area contributed by atoms with Crippen molar-refractivity contribution >= 4 is 21.6 Å². The number of pyridine rings is 1. The molecule has 1 unspecified atom stereocenters. The number of hydrogen-bond acceptors (Lipinski definition) is 4. The summed E-state index contributed by atoms with van der Waals surface area (Å²) in [5, 5.41) is 19.7. The Bertz CT molecular complexity index is 455. The fourth-order valence-corrected chi connectivity index (χ4v) is 1.64. The number of aryl methyl sites for hydroxylation is 1. The lowest BCUT2D eigenvalue weighted by molar-refractivity contribution is -0.385. The van der Waals surface area contributed by atoms with Gasteiger partial charge in [0.25, 0.3) is 11.2 Å². The fraction of sp³-hybridized carbons (Fsp3) is 0.444. The van der Waals surface area contributed by atoms with Crippen molar-refractivity contribution in [3.8, 4) is 0 Å². The van der Waals surface area contributed by atoms with E-state index in [-0.39, 0.29) is 22.3 Å². The molecule has 0 aliphatic rings. The minimum Gasteiger partial charge on any atom is -0.393 e. The summed E-state index contributed by atoms with van der Waals surface area (Å²) in [5.41, 5.74) is -0.497. The van der Waals surface area contributed by atoms with E-state index in [1.165, 1.54) is 16.8 Å². The molecule has 88 valence electrons. The van der Waals surface area contributed by atoms with E-state index >= 15 is 0 Å². The largest absolute Gasteiger partial charge is 0.393 e. The first-order valence-electron chi connectivity index (χ1n) is 4.64. The van der Waals surface area contributed by atoms with Crippen LogP contribution in [-0.2, 0) is 6.54 Å². The molecule has 1 heterocycles. The molecule has 0 amide bonds. The quantitative estimate of drug-likeness (QED) is 0.669. The van der Waals surface area contributed by atoms with Gasteiger partial charge in [-0.15, -0.1) is 0 Å². The molecule has 0 spiro atoms. The summed E-state index contributed by atoms with van der Waals surface area (Å²) < 4.78 is 1.36. The molecule has 1 aromatic heterocycles. The zero-order valence-electron chi connectivity index (χ0n) is 8.59. The summed E-state index contributed by atoms with van der Waals surface area (Å²) in [7, 11) is 0. The lowest BCUT2D eigenvalue weighted by Crippen LogP contribution is -2.22. The Morgan fingerprint density at radius 1 is 1.69 bits per heavy atom. The molecule has 0 aromatic carbocycles. The van der Waals surface area contributed by atoms with Crippen molar-refractivity contribution in [2.45, 2.75) is 26.0 Å². The molecule has 0 aliphatic carbocycles. The van der Waals surface area contributed by atoms with Gasteiger partial charge < -0.3 is 9.67 Å². The molecular weight excluding hydrogens is 280 g/mol. The molecule has 16 heavy (non-hydrogen) atoms. The number of aliphatic hydroxyl groups is 1. The van der Waals surface area contributed by atoms with Gasteiger partial charge in [-0.05, 0) is 29.3 Å². The van der Waals surface area contributed by atoms with Crippen LogP contribution in [0.25, 0.3) is 0 Å². The Kier molecular flexibility index (Phi) is 4.19. The van der Waals surface area contributed by atoms with E-state index in [2.05, 4.69) is 15.9 Å². The van der Waals surface area contributed by atoms with Crippen molar-refractivity contribution in [3.63, 3.8) is 0 Å². The molecule has 0 fully saturated rings. The number of rotatable bonds is 4. The van der Waals surface area contributed by atoms with E-state index in [1.54, 1.807) is 6.92 Å². The first kappa shape index (κ1) is 12.9. The number of nitrogens with zero attached hydrogens (tertiary/aromatic N) is 2. The monoisotopic (exact) mass is 290 g/mol. The minimum absolute atomic E-state index is 0.146. The Hall–Kier alpha value is -1.21. The summed E-state index contributed by atoms with van der Waals surface area (Å²) in [6.45, 7) is 1.84. The van der Waals surface area contributed by atoms with E-state index in [9.17, 15) is 14.9 Å². The van der Waals surface area contributed by atoms with Crippen LogP contribution in [0.4, 0.5) is 5.69 Å². The molecule has 1 rings (SSSR count). The number of aromatic nitrogens is 1. The predicted octanol–water partition coefficient (Wildman–Crippen LogP) is 1.29. The second-order valence-corrected chi connectivity index (χ2v) is 4.29. The lowest BCUT2D eigenvalue weighted by atomic mass is 10.3. The summed E-state index contributed by atoms with van der Waals surface area (Å²) in [5.74, 6) is 0. The van der Waals surface area contributed by atoms with E-state index in [0.29, 0.717) is 6.42 Å². The Morgan fingerprint density at radius 2 is 2.31 bits per heavy atom. The summed E-state index contributed by atoms with van der Waals surface area (Å²) in [6.07, 6.45) is 0.994. The molecule has 0 aliphatic heterocycles. The van der Waals surface area contributed by atoms with Gasteiger partial charge in [0, 0.05) is 12.6 Å². The highest BCUT2D eigenvalue weighted by Gasteiger charge is 2.12. The van der Waals surface area contributed by atoms with Crippen molar-refractivity contribution < 1.29 is 10.0 Å². The molecule has 6 nitrogen and oxygen atoms in total. The maximum Gasteiger partial charge on any atom is 0.286 e. The Labute approximate surface area is 99.8 Å². The topological polar surface area (TPSA) is 85.4 Å². The average molecular weight is 291 g/mol. The van der Waals surface area contributed by atoms with Crippen molar-refractivity contribution in [2.75, 3.05) is 0 Å². The van der Waals surface area contributed by atoms with Gasteiger partial charge in [0.05, 0.1) is 21.7 Å². The third-order valence-electron chi connectivity index (χ3n) is 2.03. The van der Waals surface area contributed by atoms with Crippen LogP contribution < -0.4 is 5.56 Å². The predicted molar refractivity (Wildman–Crippen MR) is 61.4 cm³/mol. The summed E-state index contributed by atoms with van der Waals surface area (Å²) in [6, 6.07) is 1.17. The third-order valence-corrected chi connectivity index (χ3v) is 2.59. The van der Waals surface area contributed by atoms with Crippen molar-refractivity contribution in [3.05, 3.63) is 37.2 Å². The van der Waals surface area contributed by atoms with Gasteiger partial charge in [-0.1, -0.05) is 0 Å². The number of hydrogen-bond donors (Lipinski definition) is 1. The van der Waals surface area contributed by atoms with Gasteiger partial charge in [0.2, 0.25) is 0 Å². The molecule has 7 heteroatoms. The van der Waals surface area contributed by atoms with Gasteiger partial charge in [0.15, 0.2) is 0 Å². The maximum absolute atomic E-state index is 11.6. The molecule has 0 saturated carbocycles. The second kappa shape index (κ2) is 5.22. The van der Waals surface area contributed by atoms with Gasteiger partial charge in [-0.3, -0.25) is 14.9 Å². The lowest BCUT2D eigenvalue weighted by Gasteiger charge is -2.07. The fourth-order valence-electron chi connectivity index (χ4n) is 1.18. The summed E-state index contributed by atoms with van der Waals surface area (Å²) in [4.78, 5) is 21.6. The highest BCUT2D eigenvalue weighted by molar-refractivity contribution is 9.10. The van der Waals surface area contributed by atoms with E-state index in [4.69, 9.17) is 5.11 Å². The molecule has 1 atom stereocenters. The van der Waals surface area contributed by atoms with Gasteiger partial charge in [0.1, 0.15) is 0 Å². The van der Waals surface area contributed by atoms with Gasteiger partial charge >= 0.3 is 0 Å². The number of nitro groups is 1. The Balaban J connectivity index is 3.07. The molecule has 0 bridgehead atoms. The SMILES string of the molecule is CC(O)CCn1cc([N+](=O)[O-])cc(Br)c1=O. The molecular formula is C9H11BrN2O4. The minimum atomic E-state index is -0.566. The van der Waals surface area contributed by atoms with Crippen LogP contribution in [-0.4, -0.2) is 20.7 Å². The van der Waals surface area contributed by atoms with Gasteiger partial charge in [-0.25, -0.2) is 0 Å². The molecule has 0 saturated heterocycles. The van der Waals surface area contributed by atoms with E-state index < -0.39 is 11.0 Å². The van der Waals surface area contributed by atoms with Crippen LogP contribution >= 0.6 is 15.9 Å². The van der Waals surface area contributed by atoms with Crippen LogP contribution in [0.15, 0.2) is 21.5 Å². The first-order chi connectivity index (χ1) is 7.41. The van der Waals surface area contributed by atoms with Crippen molar-refractivity contribution in [2.24, 2.45) is 0 Å². The number of halogens is 1. The average Bonchev–Trinajstić information content (AvgIpc) is 2.19. The van der Waals surface area contributed by atoms with Gasteiger partial charge in [-0.2, -0.15) is 0 Å². The zero-order chi connectivity index (χ0) is 12.3. The van der Waals surface area contributed by atoms with E-state index in [1.807, 2.05) is 0 Å². The molecule has 1 aromatic rings. The van der Waals surface area contributed by atoms with Crippen LogP contribution in [0, 0.1) is 10.1 Å². The van der Waals surface area contributed by atoms with Crippen LogP contribution in [0.5, 0.6) is 0 Å². The van der Waals surface area contributed by atoms with Crippen LogP contribution in [0.3, 0.4) is 0 Å². The van der Waals surface area contributed by atoms with Crippen molar-refractivity contribution in [1.82, 2.24) is 4.57 Å². The third kappa shape index (κ3) is 3.14. The standard InChI is InChI=1S/C9H11BrN2O4/c1-6(13)2-3-11-5-7(12(15)16)4-8(10)9(11)14/h4-6,13H,2-3H2,1H3. The smallest absolute Gasteiger partial charge is 0.286 e. The highest BCUT2D eigenvalue weighted by Crippen LogP contribution is 2.14. The first-order valence-corrected chi connectivity index (χ1v) is 5.43. The Morgan fingerprint density at radius 3 is 2.81 bits per heavy atom. The summed E-state index contributed by atoms with van der Waals surface area (Å²) >= 11 is 2.97. The molecule has 0 radical (unpaired) electrons. The normalized spacial score (nSPS) is 12.4. The van der Waals surface area contributed by atoms with Crippen molar-refractivity contribution in [1.29, 1.82) is 0 Å². The maximum atomic E-state index is 11.6. The second-order valence-electron chi connectivity index (χ2n) is 3.44. The van der Waals surface area contributed by atoms with Crippen LogP contribution in [0.2, 0.25) is 0 Å². The van der Waals surface area contributed by atoms with Crippen LogP contribution in [0.1, 0.15) is 13.3 Å².